The highest BCUT2D eigenvalue weighted by Crippen LogP contribution is 2.25. The third kappa shape index (κ3) is 2.79. The molecule has 2 aromatic heterocycles. The number of hydrogen-bond donors (Lipinski definition) is 1. The zero-order valence-corrected chi connectivity index (χ0v) is 15.2. The number of carbonyl (C=O) groups is 1. The Morgan fingerprint density at radius 3 is 2.81 bits per heavy atom. The van der Waals surface area contributed by atoms with Gasteiger partial charge < -0.3 is 9.88 Å². The second-order valence-corrected chi connectivity index (χ2v) is 7.38. The van der Waals surface area contributed by atoms with Crippen LogP contribution in [0.25, 0.3) is 21.8 Å². The van der Waals surface area contributed by atoms with Crippen LogP contribution in [0, 0.1) is 5.92 Å². The summed E-state index contributed by atoms with van der Waals surface area (Å²) < 4.78 is 3.15. The largest absolute Gasteiger partial charge is 0.351 e. The van der Waals surface area contributed by atoms with Crippen LogP contribution in [-0.2, 0) is 18.4 Å². The molecule has 2 unspecified atom stereocenters. The standard InChI is InChI=1S/C20H24N4O2/c1-13-7-3-5-9-16(13)22-18(25)12-24-20(26)19-15(11-21-24)14-8-4-6-10-17(14)23(19)2/h4,6,8,10-11,13,16H,3,5,7,9,12H2,1-2H3,(H,22,25). The van der Waals surface area contributed by atoms with Crippen LogP contribution < -0.4 is 10.9 Å². The van der Waals surface area contributed by atoms with E-state index in [-0.39, 0.29) is 24.1 Å². The average molecular weight is 352 g/mol. The van der Waals surface area contributed by atoms with Crippen LogP contribution in [0.1, 0.15) is 32.6 Å². The highest BCUT2D eigenvalue weighted by molar-refractivity contribution is 6.07. The van der Waals surface area contributed by atoms with Crippen molar-refractivity contribution in [3.63, 3.8) is 0 Å². The first-order valence-electron chi connectivity index (χ1n) is 9.29. The van der Waals surface area contributed by atoms with E-state index in [0.29, 0.717) is 11.4 Å². The first kappa shape index (κ1) is 16.8. The summed E-state index contributed by atoms with van der Waals surface area (Å²) >= 11 is 0. The molecule has 1 aliphatic carbocycles. The van der Waals surface area contributed by atoms with Gasteiger partial charge in [0.1, 0.15) is 12.1 Å². The molecule has 1 amide bonds. The molecule has 6 heteroatoms. The minimum atomic E-state index is -0.229. The highest BCUT2D eigenvalue weighted by Gasteiger charge is 2.23. The topological polar surface area (TPSA) is 68.9 Å². The van der Waals surface area contributed by atoms with Crippen molar-refractivity contribution in [2.75, 3.05) is 0 Å². The van der Waals surface area contributed by atoms with E-state index in [9.17, 15) is 9.59 Å². The Morgan fingerprint density at radius 1 is 1.23 bits per heavy atom. The van der Waals surface area contributed by atoms with Gasteiger partial charge in [0.15, 0.2) is 0 Å². The number of amides is 1. The highest BCUT2D eigenvalue weighted by atomic mass is 16.2. The monoisotopic (exact) mass is 352 g/mol. The summed E-state index contributed by atoms with van der Waals surface area (Å²) in [6.07, 6.45) is 6.22. The maximum atomic E-state index is 12.9. The van der Waals surface area contributed by atoms with E-state index in [1.54, 1.807) is 6.20 Å². The van der Waals surface area contributed by atoms with E-state index in [2.05, 4.69) is 17.3 Å². The first-order chi connectivity index (χ1) is 12.6. The van der Waals surface area contributed by atoms with Crippen molar-refractivity contribution in [2.45, 2.75) is 45.2 Å². The predicted octanol–water partition coefficient (Wildman–Crippen LogP) is 2.58. The van der Waals surface area contributed by atoms with E-state index < -0.39 is 0 Å². The van der Waals surface area contributed by atoms with Gasteiger partial charge in [0, 0.05) is 29.4 Å². The summed E-state index contributed by atoms with van der Waals surface area (Å²) in [5.41, 5.74) is 1.34. The molecule has 1 fully saturated rings. The molecular formula is C20H24N4O2. The maximum absolute atomic E-state index is 12.9. The van der Waals surface area contributed by atoms with Crippen LogP contribution in [0.5, 0.6) is 0 Å². The molecule has 1 N–H and O–H groups in total. The number of aryl methyl sites for hydroxylation is 1. The van der Waals surface area contributed by atoms with Crippen LogP contribution in [0.2, 0.25) is 0 Å². The molecule has 4 rings (SSSR count). The lowest BCUT2D eigenvalue weighted by Crippen LogP contribution is -2.43. The van der Waals surface area contributed by atoms with E-state index in [4.69, 9.17) is 0 Å². The quantitative estimate of drug-likeness (QED) is 0.788. The number of fused-ring (bicyclic) bond motifs is 3. The van der Waals surface area contributed by atoms with Gasteiger partial charge in [-0.25, -0.2) is 4.68 Å². The Hall–Kier alpha value is -2.63. The van der Waals surface area contributed by atoms with Crippen molar-refractivity contribution in [3.8, 4) is 0 Å². The van der Waals surface area contributed by atoms with Gasteiger partial charge in [-0.2, -0.15) is 5.10 Å². The van der Waals surface area contributed by atoms with Crippen LogP contribution in [0.4, 0.5) is 0 Å². The SMILES string of the molecule is CC1CCCCC1NC(=O)Cn1ncc2c3ccccc3n(C)c2c1=O. The Bertz CT molecular complexity index is 1030. The Labute approximate surface area is 151 Å². The summed E-state index contributed by atoms with van der Waals surface area (Å²) in [6.45, 7) is 2.13. The zero-order valence-electron chi connectivity index (χ0n) is 15.2. The fraction of sp³-hybridized carbons (Fsp3) is 0.450. The second kappa shape index (κ2) is 6.59. The van der Waals surface area contributed by atoms with E-state index in [0.717, 1.165) is 35.6 Å². The Kier molecular flexibility index (Phi) is 4.26. The average Bonchev–Trinajstić information content (AvgIpc) is 2.93. The van der Waals surface area contributed by atoms with Crippen molar-refractivity contribution < 1.29 is 4.79 Å². The molecule has 0 bridgehead atoms. The maximum Gasteiger partial charge on any atom is 0.291 e. The molecule has 1 saturated carbocycles. The Morgan fingerprint density at radius 2 is 2.00 bits per heavy atom. The van der Waals surface area contributed by atoms with Crippen LogP contribution in [0.15, 0.2) is 35.3 Å². The van der Waals surface area contributed by atoms with Crippen molar-refractivity contribution >= 4 is 27.7 Å². The predicted molar refractivity (Wildman–Crippen MR) is 102 cm³/mol. The molecule has 0 radical (unpaired) electrons. The molecule has 2 atom stereocenters. The van der Waals surface area contributed by atoms with Gasteiger partial charge in [-0.05, 0) is 24.8 Å². The second-order valence-electron chi connectivity index (χ2n) is 7.38. The first-order valence-corrected chi connectivity index (χ1v) is 9.29. The van der Waals surface area contributed by atoms with E-state index >= 15 is 0 Å². The lowest BCUT2D eigenvalue weighted by atomic mass is 9.86. The van der Waals surface area contributed by atoms with Gasteiger partial charge in [0.25, 0.3) is 5.56 Å². The van der Waals surface area contributed by atoms with E-state index in [1.165, 1.54) is 11.1 Å². The van der Waals surface area contributed by atoms with Gasteiger partial charge in [0.2, 0.25) is 5.91 Å². The van der Waals surface area contributed by atoms with Crippen molar-refractivity contribution in [2.24, 2.45) is 13.0 Å². The fourth-order valence-corrected chi connectivity index (χ4v) is 4.15. The minimum absolute atomic E-state index is 0.0421. The summed E-state index contributed by atoms with van der Waals surface area (Å²) in [4.78, 5) is 25.4. The number of aromatic nitrogens is 3. The third-order valence-corrected chi connectivity index (χ3v) is 5.66. The van der Waals surface area contributed by atoms with Crippen LogP contribution >= 0.6 is 0 Å². The minimum Gasteiger partial charge on any atom is -0.351 e. The molecule has 26 heavy (non-hydrogen) atoms. The molecule has 0 aliphatic heterocycles. The molecule has 2 heterocycles. The smallest absolute Gasteiger partial charge is 0.291 e. The van der Waals surface area contributed by atoms with Gasteiger partial charge in [-0.3, -0.25) is 9.59 Å². The van der Waals surface area contributed by atoms with Crippen molar-refractivity contribution in [1.82, 2.24) is 19.7 Å². The molecule has 0 spiro atoms. The van der Waals surface area contributed by atoms with Crippen molar-refractivity contribution in [3.05, 3.63) is 40.8 Å². The number of benzene rings is 1. The number of nitrogens with zero attached hydrogens (tertiary/aromatic N) is 3. The summed E-state index contributed by atoms with van der Waals surface area (Å²) in [7, 11) is 1.88. The number of carbonyl (C=O) groups excluding carboxylic acids is 1. The number of rotatable bonds is 3. The van der Waals surface area contributed by atoms with Gasteiger partial charge in [-0.15, -0.1) is 0 Å². The lowest BCUT2D eigenvalue weighted by molar-refractivity contribution is -0.123. The van der Waals surface area contributed by atoms with Crippen LogP contribution in [0.3, 0.4) is 0 Å². The Balaban J connectivity index is 1.64. The van der Waals surface area contributed by atoms with Crippen molar-refractivity contribution in [1.29, 1.82) is 0 Å². The molecule has 0 saturated heterocycles. The molecular weight excluding hydrogens is 328 g/mol. The normalized spacial score (nSPS) is 20.5. The summed E-state index contributed by atoms with van der Waals surface area (Å²) in [5, 5.41) is 9.17. The van der Waals surface area contributed by atoms with E-state index in [1.807, 2.05) is 35.9 Å². The molecule has 6 nitrogen and oxygen atoms in total. The van der Waals surface area contributed by atoms with Gasteiger partial charge in [0.05, 0.1) is 6.20 Å². The number of nitrogens with one attached hydrogen (secondary N) is 1. The van der Waals surface area contributed by atoms with Crippen LogP contribution in [-0.4, -0.2) is 26.3 Å². The van der Waals surface area contributed by atoms with Gasteiger partial charge >= 0.3 is 0 Å². The summed E-state index contributed by atoms with van der Waals surface area (Å²) in [5.74, 6) is 0.342. The third-order valence-electron chi connectivity index (χ3n) is 5.66. The zero-order chi connectivity index (χ0) is 18.3. The molecule has 1 aliphatic rings. The van der Waals surface area contributed by atoms with Gasteiger partial charge in [-0.1, -0.05) is 38.0 Å². The summed E-state index contributed by atoms with van der Waals surface area (Å²) in [6, 6.07) is 8.07. The fourth-order valence-electron chi connectivity index (χ4n) is 4.15. The lowest BCUT2D eigenvalue weighted by Gasteiger charge is -2.29. The number of hydrogen-bond acceptors (Lipinski definition) is 3. The molecule has 136 valence electrons. The molecule has 1 aromatic carbocycles. The molecule has 3 aromatic rings. The number of para-hydroxylation sites is 1.